The summed E-state index contributed by atoms with van der Waals surface area (Å²) in [6, 6.07) is 4.56. The van der Waals surface area contributed by atoms with Crippen molar-refractivity contribution < 1.29 is 19.6 Å². The third-order valence-corrected chi connectivity index (χ3v) is 4.02. The Bertz CT molecular complexity index is 574. The Morgan fingerprint density at radius 3 is 2.76 bits per heavy atom. The zero-order valence-corrected chi connectivity index (χ0v) is 12.0. The molecule has 0 bridgehead atoms. The first-order valence-electron chi connectivity index (χ1n) is 6.72. The predicted octanol–water partition coefficient (Wildman–Crippen LogP) is 1.88. The van der Waals surface area contributed by atoms with Gasteiger partial charge in [0.15, 0.2) is 0 Å². The fraction of sp³-hybridized carbons (Fsp3) is 0.500. The molecule has 2 atom stereocenters. The minimum atomic E-state index is -0.944. The first-order valence-corrected chi connectivity index (χ1v) is 6.72. The maximum atomic E-state index is 11.3. The molecule has 114 valence electrons. The van der Waals surface area contributed by atoms with Gasteiger partial charge in [-0.1, -0.05) is 0 Å². The molecule has 0 amide bonds. The molecule has 1 aromatic carbocycles. The Morgan fingerprint density at radius 1 is 1.57 bits per heavy atom. The summed E-state index contributed by atoms with van der Waals surface area (Å²) in [4.78, 5) is 21.7. The van der Waals surface area contributed by atoms with Gasteiger partial charge >= 0.3 is 5.97 Å². The van der Waals surface area contributed by atoms with Crippen LogP contribution in [0.4, 0.5) is 5.69 Å². The van der Waals surface area contributed by atoms with Crippen molar-refractivity contribution in [2.45, 2.75) is 37.8 Å². The summed E-state index contributed by atoms with van der Waals surface area (Å²) >= 11 is 0. The van der Waals surface area contributed by atoms with Crippen molar-refractivity contribution in [3.8, 4) is 5.75 Å². The van der Waals surface area contributed by atoms with Gasteiger partial charge in [0.05, 0.1) is 4.92 Å². The number of likely N-dealkylation sites (N-methyl/N-ethyl adjacent to an activating group) is 1. The lowest BCUT2D eigenvalue weighted by Gasteiger charge is -2.23. The van der Waals surface area contributed by atoms with E-state index in [-0.39, 0.29) is 11.8 Å². The SMILES string of the molecule is CNC1(C(=O)O)CCC(Oc2ccc([N+](=O)[O-])c(C)c2)C1. The van der Waals surface area contributed by atoms with E-state index in [0.717, 1.165) is 0 Å². The Kier molecular flexibility index (Phi) is 4.13. The highest BCUT2D eigenvalue weighted by molar-refractivity contribution is 5.79. The number of nitro benzene ring substituents is 1. The second-order valence-electron chi connectivity index (χ2n) is 5.33. The normalized spacial score (nSPS) is 24.8. The highest BCUT2D eigenvalue weighted by Crippen LogP contribution is 2.33. The number of hydrogen-bond acceptors (Lipinski definition) is 5. The van der Waals surface area contributed by atoms with Gasteiger partial charge in [-0.3, -0.25) is 14.9 Å². The Balaban J connectivity index is 2.09. The molecule has 1 aromatic rings. The summed E-state index contributed by atoms with van der Waals surface area (Å²) in [7, 11) is 1.63. The van der Waals surface area contributed by atoms with Crippen LogP contribution in [0.25, 0.3) is 0 Å². The van der Waals surface area contributed by atoms with Gasteiger partial charge in [0.25, 0.3) is 5.69 Å². The third-order valence-electron chi connectivity index (χ3n) is 4.02. The van der Waals surface area contributed by atoms with E-state index in [1.165, 1.54) is 6.07 Å². The van der Waals surface area contributed by atoms with Gasteiger partial charge in [-0.15, -0.1) is 0 Å². The number of ether oxygens (including phenoxy) is 1. The lowest BCUT2D eigenvalue weighted by Crippen LogP contribution is -2.48. The van der Waals surface area contributed by atoms with Gasteiger partial charge in [-0.2, -0.15) is 0 Å². The van der Waals surface area contributed by atoms with E-state index in [2.05, 4.69) is 5.32 Å². The molecule has 2 unspecified atom stereocenters. The zero-order chi connectivity index (χ0) is 15.6. The lowest BCUT2D eigenvalue weighted by atomic mass is 9.98. The van der Waals surface area contributed by atoms with Crippen LogP contribution >= 0.6 is 0 Å². The highest BCUT2D eigenvalue weighted by atomic mass is 16.6. The van der Waals surface area contributed by atoms with Crippen LogP contribution in [-0.2, 0) is 4.79 Å². The number of carbonyl (C=O) groups is 1. The number of nitrogens with one attached hydrogen (secondary N) is 1. The second-order valence-corrected chi connectivity index (χ2v) is 5.33. The number of carboxylic acid groups (broad SMARTS) is 1. The Morgan fingerprint density at radius 2 is 2.29 bits per heavy atom. The molecule has 1 aliphatic carbocycles. The van der Waals surface area contributed by atoms with E-state index >= 15 is 0 Å². The molecular weight excluding hydrogens is 276 g/mol. The quantitative estimate of drug-likeness (QED) is 0.635. The van der Waals surface area contributed by atoms with Crippen LogP contribution in [-0.4, -0.2) is 34.7 Å². The molecule has 0 saturated heterocycles. The average molecular weight is 294 g/mol. The monoisotopic (exact) mass is 294 g/mol. The summed E-state index contributed by atoms with van der Waals surface area (Å²) < 4.78 is 5.77. The molecule has 21 heavy (non-hydrogen) atoms. The van der Waals surface area contributed by atoms with Gasteiger partial charge in [0.2, 0.25) is 0 Å². The number of rotatable bonds is 5. The number of hydrogen-bond donors (Lipinski definition) is 2. The van der Waals surface area contributed by atoms with Crippen LogP contribution in [0.2, 0.25) is 0 Å². The van der Waals surface area contributed by atoms with E-state index in [4.69, 9.17) is 4.74 Å². The molecule has 0 aromatic heterocycles. The van der Waals surface area contributed by atoms with Crippen molar-refractivity contribution >= 4 is 11.7 Å². The molecule has 0 radical (unpaired) electrons. The molecule has 1 aliphatic rings. The maximum absolute atomic E-state index is 11.3. The summed E-state index contributed by atoms with van der Waals surface area (Å²) in [5, 5.41) is 22.9. The molecule has 1 saturated carbocycles. The number of benzene rings is 1. The molecule has 0 heterocycles. The largest absolute Gasteiger partial charge is 0.490 e. The maximum Gasteiger partial charge on any atom is 0.324 e. The second kappa shape index (κ2) is 5.69. The third kappa shape index (κ3) is 2.97. The first kappa shape index (κ1) is 15.2. The molecule has 2 N–H and O–H groups in total. The Labute approximate surface area is 122 Å². The van der Waals surface area contributed by atoms with Crippen molar-refractivity contribution in [1.82, 2.24) is 5.32 Å². The van der Waals surface area contributed by atoms with Gasteiger partial charge in [0.1, 0.15) is 17.4 Å². The smallest absolute Gasteiger partial charge is 0.324 e. The topological polar surface area (TPSA) is 102 Å². The van der Waals surface area contributed by atoms with Gasteiger partial charge in [0, 0.05) is 18.1 Å². The fourth-order valence-corrected chi connectivity index (χ4v) is 2.73. The minimum absolute atomic E-state index is 0.0453. The van der Waals surface area contributed by atoms with E-state index in [9.17, 15) is 20.0 Å². The van der Waals surface area contributed by atoms with Crippen LogP contribution in [0.5, 0.6) is 5.75 Å². The summed E-state index contributed by atoms with van der Waals surface area (Å²) in [5.41, 5.74) is -0.377. The highest BCUT2D eigenvalue weighted by Gasteiger charge is 2.45. The van der Waals surface area contributed by atoms with Crippen molar-refractivity contribution in [3.05, 3.63) is 33.9 Å². The summed E-state index contributed by atoms with van der Waals surface area (Å²) in [6.07, 6.45) is 1.28. The van der Waals surface area contributed by atoms with Crippen LogP contribution in [0.15, 0.2) is 18.2 Å². The number of aliphatic carboxylic acids is 1. The molecule has 0 spiro atoms. The van der Waals surface area contributed by atoms with Crippen LogP contribution in [0.3, 0.4) is 0 Å². The number of aryl methyl sites for hydroxylation is 1. The summed E-state index contributed by atoms with van der Waals surface area (Å²) in [5.74, 6) is -0.351. The van der Waals surface area contributed by atoms with E-state index < -0.39 is 16.4 Å². The van der Waals surface area contributed by atoms with Crippen molar-refractivity contribution in [3.63, 3.8) is 0 Å². The van der Waals surface area contributed by atoms with Crippen molar-refractivity contribution in [2.75, 3.05) is 7.05 Å². The van der Waals surface area contributed by atoms with Crippen molar-refractivity contribution in [1.29, 1.82) is 0 Å². The number of nitro groups is 1. The molecule has 0 aliphatic heterocycles. The molecule has 7 heteroatoms. The molecular formula is C14H18N2O5. The molecule has 2 rings (SSSR count). The van der Waals surface area contributed by atoms with Gasteiger partial charge in [-0.05, 0) is 38.9 Å². The first-order chi connectivity index (χ1) is 9.88. The van der Waals surface area contributed by atoms with Gasteiger partial charge < -0.3 is 15.2 Å². The van der Waals surface area contributed by atoms with Crippen LogP contribution in [0, 0.1) is 17.0 Å². The molecule has 1 fully saturated rings. The summed E-state index contributed by atoms with van der Waals surface area (Å²) in [6.45, 7) is 1.65. The standard InChI is InChI=1S/C14H18N2O5/c1-9-7-10(3-4-12(9)16(19)20)21-11-5-6-14(8-11,15-2)13(17)18/h3-4,7,11,15H,5-6,8H2,1-2H3,(H,17,18). The molecule has 7 nitrogen and oxygen atoms in total. The average Bonchev–Trinajstić information content (AvgIpc) is 2.83. The van der Waals surface area contributed by atoms with Gasteiger partial charge in [-0.25, -0.2) is 0 Å². The number of nitrogens with zero attached hydrogens (tertiary/aromatic N) is 1. The van der Waals surface area contributed by atoms with E-state index in [1.54, 1.807) is 26.1 Å². The fourth-order valence-electron chi connectivity index (χ4n) is 2.73. The van der Waals surface area contributed by atoms with Crippen LogP contribution in [0.1, 0.15) is 24.8 Å². The van der Waals surface area contributed by atoms with Crippen molar-refractivity contribution in [2.24, 2.45) is 0 Å². The number of carboxylic acids is 1. The van der Waals surface area contributed by atoms with E-state index in [1.807, 2.05) is 0 Å². The predicted molar refractivity (Wildman–Crippen MR) is 75.5 cm³/mol. The Hall–Kier alpha value is -2.15. The lowest BCUT2D eigenvalue weighted by molar-refractivity contribution is -0.385. The minimum Gasteiger partial charge on any atom is -0.490 e. The zero-order valence-electron chi connectivity index (χ0n) is 12.0. The van der Waals surface area contributed by atoms with E-state index in [0.29, 0.717) is 30.6 Å². The van der Waals surface area contributed by atoms with Crippen LogP contribution < -0.4 is 10.1 Å².